The molecule has 0 saturated heterocycles. The number of carbonyl (C=O) groups excluding carboxylic acids is 3. The van der Waals surface area contributed by atoms with Gasteiger partial charge in [-0.15, -0.1) is 0 Å². The highest BCUT2D eigenvalue weighted by Gasteiger charge is 2.65. The fourth-order valence-corrected chi connectivity index (χ4v) is 5.05. The van der Waals surface area contributed by atoms with Crippen molar-refractivity contribution in [3.05, 3.63) is 65.7 Å². The first-order valence-corrected chi connectivity index (χ1v) is 11.3. The van der Waals surface area contributed by atoms with E-state index in [9.17, 15) is 14.4 Å². The van der Waals surface area contributed by atoms with Crippen molar-refractivity contribution in [2.75, 3.05) is 11.9 Å². The van der Waals surface area contributed by atoms with Crippen molar-refractivity contribution in [2.45, 2.75) is 33.4 Å². The van der Waals surface area contributed by atoms with E-state index >= 15 is 0 Å². The zero-order valence-corrected chi connectivity index (χ0v) is 19.4. The molecule has 1 saturated carbocycles. The SMILES string of the molecule is CC(C)C1CC1(C(=O)N[C@H]1N=C(c2ccccc2)c2ccccc2N(C)C1=O)[C@H](C)C(N)=O. The molecular formula is C26H30N4O3. The number of benzene rings is 2. The second-order valence-electron chi connectivity index (χ2n) is 9.35. The van der Waals surface area contributed by atoms with Crippen molar-refractivity contribution >= 4 is 29.1 Å². The number of para-hydroxylation sites is 1. The molecule has 2 aliphatic rings. The summed E-state index contributed by atoms with van der Waals surface area (Å²) in [4.78, 5) is 45.3. The third-order valence-corrected chi connectivity index (χ3v) is 7.14. The van der Waals surface area contributed by atoms with Crippen molar-refractivity contribution in [3.8, 4) is 0 Å². The van der Waals surface area contributed by atoms with Gasteiger partial charge in [-0.05, 0) is 24.3 Å². The molecule has 2 unspecified atom stereocenters. The van der Waals surface area contributed by atoms with E-state index < -0.39 is 23.4 Å². The Kier molecular flexibility index (Phi) is 5.82. The topological polar surface area (TPSA) is 105 Å². The third kappa shape index (κ3) is 3.81. The minimum absolute atomic E-state index is 0.0216. The van der Waals surface area contributed by atoms with Gasteiger partial charge in [0.25, 0.3) is 5.91 Å². The van der Waals surface area contributed by atoms with Crippen molar-refractivity contribution in [1.82, 2.24) is 5.32 Å². The van der Waals surface area contributed by atoms with Crippen molar-refractivity contribution < 1.29 is 14.4 Å². The average Bonchev–Trinajstić information content (AvgIpc) is 3.59. The molecule has 0 spiro atoms. The number of rotatable bonds is 6. The monoisotopic (exact) mass is 446 g/mol. The fourth-order valence-electron chi connectivity index (χ4n) is 5.05. The first-order valence-electron chi connectivity index (χ1n) is 11.3. The molecule has 1 fully saturated rings. The number of hydrogen-bond acceptors (Lipinski definition) is 4. The lowest BCUT2D eigenvalue weighted by atomic mass is 9.83. The number of amides is 3. The van der Waals surface area contributed by atoms with Gasteiger partial charge in [0.2, 0.25) is 18.0 Å². The molecule has 1 heterocycles. The molecule has 7 nitrogen and oxygen atoms in total. The van der Waals surface area contributed by atoms with Crippen LogP contribution in [0.4, 0.5) is 5.69 Å². The molecule has 4 rings (SSSR count). The lowest BCUT2D eigenvalue weighted by molar-refractivity contribution is -0.137. The summed E-state index contributed by atoms with van der Waals surface area (Å²) in [5.74, 6) is -1.62. The van der Waals surface area contributed by atoms with Gasteiger partial charge in [0.15, 0.2) is 0 Å². The van der Waals surface area contributed by atoms with E-state index in [0.717, 1.165) is 11.1 Å². The number of aliphatic imine (C=N–C) groups is 1. The average molecular weight is 447 g/mol. The molecule has 0 aromatic heterocycles. The highest BCUT2D eigenvalue weighted by molar-refractivity contribution is 6.20. The van der Waals surface area contributed by atoms with Crippen LogP contribution >= 0.6 is 0 Å². The van der Waals surface area contributed by atoms with E-state index in [1.54, 1.807) is 14.0 Å². The lowest BCUT2D eigenvalue weighted by Crippen LogP contribution is -2.51. The van der Waals surface area contributed by atoms with Gasteiger partial charge in [-0.2, -0.15) is 0 Å². The minimum Gasteiger partial charge on any atom is -0.369 e. The van der Waals surface area contributed by atoms with Crippen LogP contribution in [-0.2, 0) is 14.4 Å². The minimum atomic E-state index is -1.12. The van der Waals surface area contributed by atoms with Gasteiger partial charge < -0.3 is 16.0 Å². The zero-order chi connectivity index (χ0) is 23.9. The van der Waals surface area contributed by atoms with E-state index in [2.05, 4.69) is 5.32 Å². The van der Waals surface area contributed by atoms with Crippen LogP contribution in [0.5, 0.6) is 0 Å². The van der Waals surface area contributed by atoms with E-state index in [0.29, 0.717) is 17.8 Å². The summed E-state index contributed by atoms with van der Waals surface area (Å²) in [6.45, 7) is 5.75. The van der Waals surface area contributed by atoms with Gasteiger partial charge in [0, 0.05) is 24.1 Å². The number of primary amides is 1. The number of nitrogens with two attached hydrogens (primary N) is 1. The van der Waals surface area contributed by atoms with Gasteiger partial charge in [0.05, 0.1) is 16.8 Å². The van der Waals surface area contributed by atoms with Crippen molar-refractivity contribution in [2.24, 2.45) is 33.9 Å². The Morgan fingerprint density at radius 2 is 1.73 bits per heavy atom. The van der Waals surface area contributed by atoms with E-state index in [-0.39, 0.29) is 23.7 Å². The molecule has 172 valence electrons. The molecule has 33 heavy (non-hydrogen) atoms. The van der Waals surface area contributed by atoms with Crippen LogP contribution in [0.25, 0.3) is 0 Å². The Labute approximate surface area is 194 Å². The van der Waals surface area contributed by atoms with Gasteiger partial charge in [0.1, 0.15) is 0 Å². The van der Waals surface area contributed by atoms with Crippen LogP contribution in [0.3, 0.4) is 0 Å². The third-order valence-electron chi connectivity index (χ3n) is 7.14. The second-order valence-corrected chi connectivity index (χ2v) is 9.35. The lowest BCUT2D eigenvalue weighted by Gasteiger charge is -2.26. The Hall–Kier alpha value is -3.48. The number of hydrogen-bond donors (Lipinski definition) is 2. The van der Waals surface area contributed by atoms with Gasteiger partial charge >= 0.3 is 0 Å². The molecule has 2 aromatic carbocycles. The predicted octanol–water partition coefficient (Wildman–Crippen LogP) is 2.73. The van der Waals surface area contributed by atoms with Crippen LogP contribution in [-0.4, -0.2) is 36.6 Å². The maximum atomic E-state index is 13.6. The molecule has 0 radical (unpaired) electrons. The van der Waals surface area contributed by atoms with Crippen LogP contribution in [0, 0.1) is 23.2 Å². The molecular weight excluding hydrogens is 416 g/mol. The highest BCUT2D eigenvalue weighted by atomic mass is 16.2. The summed E-state index contributed by atoms with van der Waals surface area (Å²) in [6.07, 6.45) is -0.553. The standard InChI is InChI=1S/C26H30N4O3/c1-15(2)19-14-26(19,16(3)22(27)31)25(33)29-23-24(32)30(4)20-13-9-8-12-18(20)21(28-23)17-10-6-5-7-11-17/h5-13,15-16,19,23H,14H2,1-4H3,(H2,27,31)(H,29,33)/t16-,19?,23-,26?/m1/s1. The maximum absolute atomic E-state index is 13.6. The van der Waals surface area contributed by atoms with Gasteiger partial charge in [-0.1, -0.05) is 69.3 Å². The molecule has 7 heteroatoms. The van der Waals surface area contributed by atoms with Gasteiger partial charge in [-0.25, -0.2) is 4.99 Å². The smallest absolute Gasteiger partial charge is 0.272 e. The zero-order valence-electron chi connectivity index (χ0n) is 19.4. The van der Waals surface area contributed by atoms with Crippen molar-refractivity contribution in [3.63, 3.8) is 0 Å². The summed E-state index contributed by atoms with van der Waals surface area (Å²) >= 11 is 0. The number of fused-ring (bicyclic) bond motifs is 1. The number of nitrogens with one attached hydrogen (secondary N) is 1. The highest BCUT2D eigenvalue weighted by Crippen LogP contribution is 2.61. The number of likely N-dealkylation sites (N-methyl/N-ethyl adjacent to an activating group) is 1. The molecule has 3 amide bonds. The Balaban J connectivity index is 1.75. The molecule has 1 aliphatic heterocycles. The van der Waals surface area contributed by atoms with E-state index in [4.69, 9.17) is 10.7 Å². The van der Waals surface area contributed by atoms with E-state index in [1.165, 1.54) is 4.90 Å². The van der Waals surface area contributed by atoms with Crippen LogP contribution < -0.4 is 16.0 Å². The quantitative estimate of drug-likeness (QED) is 0.713. The number of benzodiazepines with no additional fused rings is 1. The number of carbonyl (C=O) groups is 3. The molecule has 0 bridgehead atoms. The van der Waals surface area contributed by atoms with Crippen LogP contribution in [0.2, 0.25) is 0 Å². The van der Waals surface area contributed by atoms with Gasteiger partial charge in [-0.3, -0.25) is 14.4 Å². The first kappa shape index (κ1) is 22.7. The summed E-state index contributed by atoms with van der Waals surface area (Å²) in [7, 11) is 1.68. The second kappa shape index (κ2) is 8.46. The Bertz CT molecular complexity index is 1130. The Morgan fingerprint density at radius 3 is 2.33 bits per heavy atom. The fraction of sp³-hybridized carbons (Fsp3) is 0.385. The van der Waals surface area contributed by atoms with Crippen LogP contribution in [0.15, 0.2) is 59.6 Å². The summed E-state index contributed by atoms with van der Waals surface area (Å²) in [5, 5.41) is 2.87. The largest absolute Gasteiger partial charge is 0.369 e. The predicted molar refractivity (Wildman–Crippen MR) is 128 cm³/mol. The molecule has 4 atom stereocenters. The Morgan fingerprint density at radius 1 is 1.09 bits per heavy atom. The molecule has 1 aliphatic carbocycles. The van der Waals surface area contributed by atoms with E-state index in [1.807, 2.05) is 68.4 Å². The first-order chi connectivity index (χ1) is 15.7. The summed E-state index contributed by atoms with van der Waals surface area (Å²) in [6, 6.07) is 17.1. The molecule has 3 N–H and O–H groups in total. The number of anilines is 1. The summed E-state index contributed by atoms with van der Waals surface area (Å²) < 4.78 is 0. The normalized spacial score (nSPS) is 25.1. The maximum Gasteiger partial charge on any atom is 0.272 e. The van der Waals surface area contributed by atoms with Crippen molar-refractivity contribution in [1.29, 1.82) is 0 Å². The van der Waals surface area contributed by atoms with Crippen LogP contribution in [0.1, 0.15) is 38.3 Å². The molecule has 2 aromatic rings. The number of nitrogens with zero attached hydrogens (tertiary/aromatic N) is 2. The summed E-state index contributed by atoms with van der Waals surface area (Å²) in [5.41, 5.74) is 7.69.